The highest BCUT2D eigenvalue weighted by molar-refractivity contribution is 5.77. The first-order valence-corrected chi connectivity index (χ1v) is 7.28. The molecule has 3 rings (SSSR count). The van der Waals surface area contributed by atoms with Gasteiger partial charge in [-0.3, -0.25) is 0 Å². The Morgan fingerprint density at radius 3 is 2.35 bits per heavy atom. The second-order valence-corrected chi connectivity index (χ2v) is 6.40. The molecule has 2 saturated carbocycles. The predicted octanol–water partition coefficient (Wildman–Crippen LogP) is 3.41. The van der Waals surface area contributed by atoms with Crippen molar-refractivity contribution in [3.63, 3.8) is 0 Å². The first-order valence-electron chi connectivity index (χ1n) is 7.28. The van der Waals surface area contributed by atoms with E-state index >= 15 is 0 Å². The number of hydrogen-bond donors (Lipinski definition) is 1. The van der Waals surface area contributed by atoms with Gasteiger partial charge < -0.3 is 9.95 Å². The van der Waals surface area contributed by atoms with Crippen LogP contribution in [-0.4, -0.2) is 17.1 Å². The van der Waals surface area contributed by atoms with Crippen molar-refractivity contribution in [3.05, 3.63) is 47.3 Å². The van der Waals surface area contributed by atoms with E-state index in [9.17, 15) is 9.90 Å². The van der Waals surface area contributed by atoms with Crippen LogP contribution in [0, 0.1) is 23.8 Å². The molecule has 3 heteroatoms. The van der Waals surface area contributed by atoms with E-state index in [4.69, 9.17) is 6.57 Å². The number of carbonyl (C=O) groups is 1. The van der Waals surface area contributed by atoms with Gasteiger partial charge >= 0.3 is 12.0 Å². The third-order valence-corrected chi connectivity index (χ3v) is 5.25. The molecule has 2 unspecified atom stereocenters. The molecule has 1 aromatic carbocycles. The normalized spacial score (nSPS) is 32.8. The van der Waals surface area contributed by atoms with Crippen LogP contribution in [0.1, 0.15) is 31.2 Å². The average Bonchev–Trinajstić information content (AvgIpc) is 2.65. The molecule has 3 nitrogen and oxygen atoms in total. The molecule has 20 heavy (non-hydrogen) atoms. The summed E-state index contributed by atoms with van der Waals surface area (Å²) in [6.07, 6.45) is 4.97. The summed E-state index contributed by atoms with van der Waals surface area (Å²) in [6, 6.07) is 9.14. The zero-order valence-corrected chi connectivity index (χ0v) is 11.5. The van der Waals surface area contributed by atoms with Crippen molar-refractivity contribution < 1.29 is 9.90 Å². The van der Waals surface area contributed by atoms with Crippen molar-refractivity contribution in [2.75, 3.05) is 0 Å². The summed E-state index contributed by atoms with van der Waals surface area (Å²) in [7, 11) is 0. The number of nitrogens with zero attached hydrogens (tertiary/aromatic N) is 1. The van der Waals surface area contributed by atoms with E-state index in [2.05, 4.69) is 4.85 Å². The lowest BCUT2D eigenvalue weighted by molar-refractivity contribution is -0.140. The Balaban J connectivity index is 1.92. The maximum Gasteiger partial charge on any atom is 0.388 e. The van der Waals surface area contributed by atoms with Crippen LogP contribution in [0.25, 0.3) is 4.85 Å². The van der Waals surface area contributed by atoms with E-state index in [0.717, 1.165) is 24.8 Å². The fourth-order valence-corrected chi connectivity index (χ4v) is 4.22. The first kappa shape index (κ1) is 13.2. The Labute approximate surface area is 119 Å². The lowest BCUT2D eigenvalue weighted by atomic mass is 9.73. The van der Waals surface area contributed by atoms with Gasteiger partial charge in [-0.1, -0.05) is 30.3 Å². The summed E-state index contributed by atoms with van der Waals surface area (Å²) >= 11 is 0. The van der Waals surface area contributed by atoms with Gasteiger partial charge in [-0.2, -0.15) is 0 Å². The highest BCUT2D eigenvalue weighted by atomic mass is 16.4. The summed E-state index contributed by atoms with van der Waals surface area (Å²) in [6.45, 7) is 7.34. The summed E-state index contributed by atoms with van der Waals surface area (Å²) < 4.78 is 0. The Hall–Kier alpha value is -1.82. The van der Waals surface area contributed by atoms with Gasteiger partial charge in [0.2, 0.25) is 0 Å². The summed E-state index contributed by atoms with van der Waals surface area (Å²) in [5, 5.41) is 9.46. The van der Waals surface area contributed by atoms with Crippen LogP contribution in [0.2, 0.25) is 0 Å². The van der Waals surface area contributed by atoms with Crippen molar-refractivity contribution in [3.8, 4) is 0 Å². The van der Waals surface area contributed by atoms with Gasteiger partial charge in [0.15, 0.2) is 0 Å². The lowest BCUT2D eigenvalue weighted by Gasteiger charge is -2.29. The number of rotatable bonds is 4. The van der Waals surface area contributed by atoms with Crippen LogP contribution < -0.4 is 0 Å². The monoisotopic (exact) mass is 269 g/mol. The molecule has 2 fully saturated rings. The Kier molecular flexibility index (Phi) is 3.25. The number of aliphatic carboxylic acids is 1. The minimum atomic E-state index is -0.947. The molecule has 0 amide bonds. The van der Waals surface area contributed by atoms with Crippen molar-refractivity contribution in [2.24, 2.45) is 17.3 Å². The third kappa shape index (κ3) is 2.10. The van der Waals surface area contributed by atoms with Crippen molar-refractivity contribution in [1.82, 2.24) is 0 Å². The van der Waals surface area contributed by atoms with Crippen molar-refractivity contribution >= 4 is 5.97 Å². The zero-order valence-electron chi connectivity index (χ0n) is 11.5. The summed E-state index contributed by atoms with van der Waals surface area (Å²) in [4.78, 5) is 15.0. The minimum absolute atomic E-state index is 0.360. The summed E-state index contributed by atoms with van der Waals surface area (Å²) in [5.74, 6) is 0.363. The molecule has 104 valence electrons. The second kappa shape index (κ2) is 4.94. The van der Waals surface area contributed by atoms with Crippen LogP contribution >= 0.6 is 0 Å². The van der Waals surface area contributed by atoms with Crippen LogP contribution in [0.4, 0.5) is 0 Å². The molecule has 0 spiro atoms. The van der Waals surface area contributed by atoms with E-state index in [1.807, 2.05) is 30.3 Å². The van der Waals surface area contributed by atoms with Crippen LogP contribution in [0.15, 0.2) is 30.3 Å². The largest absolute Gasteiger partial charge is 0.475 e. The molecular formula is C17H19NO2. The first-order chi connectivity index (χ1) is 9.64. The molecule has 0 saturated heterocycles. The van der Waals surface area contributed by atoms with Crippen LogP contribution in [-0.2, 0) is 11.2 Å². The minimum Gasteiger partial charge on any atom is -0.475 e. The molecular weight excluding hydrogens is 250 g/mol. The van der Waals surface area contributed by atoms with Gasteiger partial charge in [0.25, 0.3) is 0 Å². The number of carboxylic acids is 1. The fourth-order valence-electron chi connectivity index (χ4n) is 4.22. The number of carboxylic acid groups (broad SMARTS) is 1. The molecule has 2 aliphatic rings. The molecule has 0 radical (unpaired) electrons. The topological polar surface area (TPSA) is 41.7 Å². The van der Waals surface area contributed by atoms with Crippen LogP contribution in [0.5, 0.6) is 0 Å². The maximum absolute atomic E-state index is 11.5. The molecule has 1 N–H and O–H groups in total. The van der Waals surface area contributed by atoms with Gasteiger partial charge in [-0.25, -0.2) is 11.4 Å². The van der Waals surface area contributed by atoms with Gasteiger partial charge in [0.1, 0.15) is 0 Å². The standard InChI is InChI=1S/C17H19NO2/c1-18-15(16(19)20)17(9-12-5-3-2-4-6-12)10-13-7-8-14(13)11-17/h2-6,13-15H,7-11H2,(H,19,20)/t13-,14+,15?,17?. The van der Waals surface area contributed by atoms with Crippen LogP contribution in [0.3, 0.4) is 0 Å². The highest BCUT2D eigenvalue weighted by Gasteiger charge is 2.58. The molecule has 0 bridgehead atoms. The number of fused-ring (bicyclic) bond motifs is 1. The fraction of sp³-hybridized carbons (Fsp3) is 0.529. The maximum atomic E-state index is 11.5. The quantitative estimate of drug-likeness (QED) is 0.851. The van der Waals surface area contributed by atoms with E-state index in [1.54, 1.807) is 0 Å². The Bertz CT molecular complexity index is 534. The van der Waals surface area contributed by atoms with Crippen molar-refractivity contribution in [1.29, 1.82) is 0 Å². The smallest absolute Gasteiger partial charge is 0.388 e. The SMILES string of the molecule is [C-]#[N+]C(C(=O)O)C1(Cc2ccccc2)C[C@H]2CC[C@H]2C1. The van der Waals surface area contributed by atoms with E-state index in [1.165, 1.54) is 12.8 Å². The molecule has 0 heterocycles. The third-order valence-electron chi connectivity index (χ3n) is 5.25. The lowest BCUT2D eigenvalue weighted by Crippen LogP contribution is -2.38. The molecule has 1 aromatic rings. The zero-order chi connectivity index (χ0) is 14.2. The molecule has 2 aliphatic carbocycles. The van der Waals surface area contributed by atoms with Gasteiger partial charge in [0, 0.05) is 0 Å². The summed E-state index contributed by atoms with van der Waals surface area (Å²) in [5.41, 5.74) is 0.796. The molecule has 0 aliphatic heterocycles. The van der Waals surface area contributed by atoms with E-state index in [0.29, 0.717) is 11.8 Å². The number of benzene rings is 1. The van der Waals surface area contributed by atoms with E-state index in [-0.39, 0.29) is 5.41 Å². The second-order valence-electron chi connectivity index (χ2n) is 6.40. The van der Waals surface area contributed by atoms with Crippen molar-refractivity contribution in [2.45, 2.75) is 38.1 Å². The number of hydrogen-bond acceptors (Lipinski definition) is 1. The predicted molar refractivity (Wildman–Crippen MR) is 76.1 cm³/mol. The Morgan fingerprint density at radius 2 is 1.90 bits per heavy atom. The van der Waals surface area contributed by atoms with E-state index < -0.39 is 12.0 Å². The Morgan fingerprint density at radius 1 is 1.30 bits per heavy atom. The van der Waals surface area contributed by atoms with Gasteiger partial charge in [-0.15, -0.1) is 0 Å². The van der Waals surface area contributed by atoms with Gasteiger partial charge in [-0.05, 0) is 49.5 Å². The molecule has 4 atom stereocenters. The molecule has 0 aromatic heterocycles. The van der Waals surface area contributed by atoms with Gasteiger partial charge in [0.05, 0.1) is 5.41 Å². The highest BCUT2D eigenvalue weighted by Crippen LogP contribution is 2.58. The average molecular weight is 269 g/mol.